The third kappa shape index (κ3) is 4.04. The van der Waals surface area contributed by atoms with Crippen LogP contribution in [0.5, 0.6) is 0 Å². The van der Waals surface area contributed by atoms with E-state index in [1.165, 1.54) is 4.90 Å². The van der Waals surface area contributed by atoms with Crippen molar-refractivity contribution in [3.63, 3.8) is 0 Å². The van der Waals surface area contributed by atoms with Crippen LogP contribution in [0.1, 0.15) is 31.2 Å². The second-order valence-electron chi connectivity index (χ2n) is 5.53. The summed E-state index contributed by atoms with van der Waals surface area (Å²) in [6, 6.07) is 8.13. The van der Waals surface area contributed by atoms with Crippen molar-refractivity contribution in [2.45, 2.75) is 44.2 Å². The molecular weight excluding hydrogens is 268 g/mol. The van der Waals surface area contributed by atoms with E-state index in [0.29, 0.717) is 19.4 Å². The van der Waals surface area contributed by atoms with E-state index in [4.69, 9.17) is 5.73 Å². The van der Waals surface area contributed by atoms with Crippen LogP contribution in [-0.2, 0) is 16.0 Å². The number of rotatable bonds is 4. The summed E-state index contributed by atoms with van der Waals surface area (Å²) >= 11 is 0. The zero-order valence-electron chi connectivity index (χ0n) is 12.1. The van der Waals surface area contributed by atoms with E-state index < -0.39 is 18.1 Å². The number of hydrogen-bond acceptors (Lipinski definition) is 3. The van der Waals surface area contributed by atoms with Crippen molar-refractivity contribution < 1.29 is 14.7 Å². The third-order valence-corrected chi connectivity index (χ3v) is 3.94. The van der Waals surface area contributed by atoms with Crippen LogP contribution in [0.25, 0.3) is 0 Å². The number of aliphatic carboxylic acids is 1. The van der Waals surface area contributed by atoms with Gasteiger partial charge in [-0.05, 0) is 24.8 Å². The lowest BCUT2D eigenvalue weighted by Gasteiger charge is -2.29. The first-order chi connectivity index (χ1) is 10.1. The van der Waals surface area contributed by atoms with Crippen LogP contribution >= 0.6 is 0 Å². The van der Waals surface area contributed by atoms with Gasteiger partial charge in [0.1, 0.15) is 6.04 Å². The zero-order chi connectivity index (χ0) is 15.2. The lowest BCUT2D eigenvalue weighted by molar-refractivity contribution is -0.150. The highest BCUT2D eigenvalue weighted by atomic mass is 16.4. The largest absolute Gasteiger partial charge is 0.480 e. The molecule has 114 valence electrons. The van der Waals surface area contributed by atoms with Crippen molar-refractivity contribution in [2.24, 2.45) is 5.73 Å². The molecule has 1 heterocycles. The van der Waals surface area contributed by atoms with Crippen LogP contribution in [0.4, 0.5) is 0 Å². The number of likely N-dealkylation sites (tertiary alicyclic amines) is 1. The maximum absolute atomic E-state index is 12.5. The summed E-state index contributed by atoms with van der Waals surface area (Å²) in [5.41, 5.74) is 7.00. The Hall–Kier alpha value is -1.88. The summed E-state index contributed by atoms with van der Waals surface area (Å²) < 4.78 is 0. The van der Waals surface area contributed by atoms with E-state index in [-0.39, 0.29) is 5.91 Å². The second-order valence-corrected chi connectivity index (χ2v) is 5.53. The molecule has 0 aliphatic carbocycles. The summed E-state index contributed by atoms with van der Waals surface area (Å²) in [6.07, 6.45) is 3.59. The monoisotopic (exact) mass is 290 g/mol. The van der Waals surface area contributed by atoms with Gasteiger partial charge in [-0.15, -0.1) is 0 Å². The van der Waals surface area contributed by atoms with E-state index in [1.807, 2.05) is 30.3 Å². The van der Waals surface area contributed by atoms with E-state index in [0.717, 1.165) is 24.8 Å². The SMILES string of the molecule is NC(Cc1ccccc1)C(=O)N1CCCCCC1C(=O)O. The maximum Gasteiger partial charge on any atom is 0.326 e. The molecule has 1 amide bonds. The summed E-state index contributed by atoms with van der Waals surface area (Å²) in [5, 5.41) is 9.32. The van der Waals surface area contributed by atoms with E-state index >= 15 is 0 Å². The first kappa shape index (κ1) is 15.5. The molecule has 5 nitrogen and oxygen atoms in total. The van der Waals surface area contributed by atoms with Gasteiger partial charge in [0.05, 0.1) is 6.04 Å². The average molecular weight is 290 g/mol. The number of benzene rings is 1. The molecule has 1 aliphatic rings. The van der Waals surface area contributed by atoms with Gasteiger partial charge in [-0.2, -0.15) is 0 Å². The van der Waals surface area contributed by atoms with E-state index in [9.17, 15) is 14.7 Å². The van der Waals surface area contributed by atoms with Crippen LogP contribution in [0.3, 0.4) is 0 Å². The molecule has 0 aromatic heterocycles. The molecule has 2 rings (SSSR count). The standard InChI is InChI=1S/C16H22N2O3/c17-13(11-12-7-3-1-4-8-12)15(19)18-10-6-2-5-9-14(18)16(20)21/h1,3-4,7-8,13-14H,2,5-6,9-11,17H2,(H,20,21). The second kappa shape index (κ2) is 7.22. The highest BCUT2D eigenvalue weighted by Crippen LogP contribution is 2.18. The fourth-order valence-electron chi connectivity index (χ4n) is 2.80. The molecule has 0 radical (unpaired) electrons. The van der Waals surface area contributed by atoms with Crippen molar-refractivity contribution >= 4 is 11.9 Å². The van der Waals surface area contributed by atoms with E-state index in [2.05, 4.69) is 0 Å². The number of carboxylic acid groups (broad SMARTS) is 1. The number of nitrogens with zero attached hydrogens (tertiary/aromatic N) is 1. The number of nitrogens with two attached hydrogens (primary N) is 1. The number of carbonyl (C=O) groups is 2. The van der Waals surface area contributed by atoms with Crippen LogP contribution in [-0.4, -0.2) is 40.5 Å². The fourth-order valence-corrected chi connectivity index (χ4v) is 2.80. The Kier molecular flexibility index (Phi) is 5.33. The van der Waals surface area contributed by atoms with Gasteiger partial charge in [0, 0.05) is 6.54 Å². The highest BCUT2D eigenvalue weighted by Gasteiger charge is 2.33. The molecule has 0 saturated carbocycles. The van der Waals surface area contributed by atoms with Crippen molar-refractivity contribution in [1.29, 1.82) is 0 Å². The minimum Gasteiger partial charge on any atom is -0.480 e. The van der Waals surface area contributed by atoms with Crippen LogP contribution in [0.2, 0.25) is 0 Å². The summed E-state index contributed by atoms with van der Waals surface area (Å²) in [6.45, 7) is 0.484. The number of hydrogen-bond donors (Lipinski definition) is 2. The summed E-state index contributed by atoms with van der Waals surface area (Å²) in [5.74, 6) is -1.19. The smallest absolute Gasteiger partial charge is 0.326 e. The molecule has 1 fully saturated rings. The highest BCUT2D eigenvalue weighted by molar-refractivity contribution is 5.87. The molecule has 1 aromatic rings. The Morgan fingerprint density at radius 1 is 1.24 bits per heavy atom. The molecule has 3 N–H and O–H groups in total. The lowest BCUT2D eigenvalue weighted by atomic mass is 10.0. The number of amides is 1. The Morgan fingerprint density at radius 2 is 1.95 bits per heavy atom. The van der Waals surface area contributed by atoms with Crippen molar-refractivity contribution in [1.82, 2.24) is 4.90 Å². The summed E-state index contributed by atoms with van der Waals surface area (Å²) in [7, 11) is 0. The molecule has 1 aromatic carbocycles. The Balaban J connectivity index is 2.06. The predicted molar refractivity (Wildman–Crippen MR) is 79.7 cm³/mol. The first-order valence-corrected chi connectivity index (χ1v) is 7.42. The van der Waals surface area contributed by atoms with Gasteiger partial charge in [0.25, 0.3) is 0 Å². The third-order valence-electron chi connectivity index (χ3n) is 3.94. The average Bonchev–Trinajstić information content (AvgIpc) is 2.73. The van der Waals surface area contributed by atoms with Gasteiger partial charge in [0.15, 0.2) is 0 Å². The van der Waals surface area contributed by atoms with Gasteiger partial charge in [-0.25, -0.2) is 4.79 Å². The minimum atomic E-state index is -0.933. The maximum atomic E-state index is 12.5. The fraction of sp³-hybridized carbons (Fsp3) is 0.500. The van der Waals surface area contributed by atoms with Crippen molar-refractivity contribution in [3.05, 3.63) is 35.9 Å². The Bertz CT molecular complexity index is 490. The molecule has 2 atom stereocenters. The molecule has 1 saturated heterocycles. The van der Waals surface area contributed by atoms with Crippen LogP contribution < -0.4 is 5.73 Å². The van der Waals surface area contributed by atoms with Gasteiger partial charge >= 0.3 is 5.97 Å². The molecular formula is C16H22N2O3. The van der Waals surface area contributed by atoms with Gasteiger partial charge in [0.2, 0.25) is 5.91 Å². The zero-order valence-corrected chi connectivity index (χ0v) is 12.1. The van der Waals surface area contributed by atoms with Gasteiger partial charge < -0.3 is 15.7 Å². The number of carbonyl (C=O) groups excluding carboxylic acids is 1. The molecule has 1 aliphatic heterocycles. The lowest BCUT2D eigenvalue weighted by Crippen LogP contribution is -2.51. The normalized spacial score (nSPS) is 20.6. The Morgan fingerprint density at radius 3 is 2.62 bits per heavy atom. The van der Waals surface area contributed by atoms with Crippen molar-refractivity contribution in [2.75, 3.05) is 6.54 Å². The molecule has 5 heteroatoms. The molecule has 0 bridgehead atoms. The van der Waals surface area contributed by atoms with Crippen LogP contribution in [0, 0.1) is 0 Å². The number of carboxylic acids is 1. The van der Waals surface area contributed by atoms with Crippen molar-refractivity contribution in [3.8, 4) is 0 Å². The predicted octanol–water partition coefficient (Wildman–Crippen LogP) is 1.41. The molecule has 21 heavy (non-hydrogen) atoms. The van der Waals surface area contributed by atoms with Gasteiger partial charge in [-0.1, -0.05) is 43.2 Å². The molecule has 2 unspecified atom stereocenters. The quantitative estimate of drug-likeness (QED) is 0.878. The minimum absolute atomic E-state index is 0.256. The Labute approximate surface area is 124 Å². The first-order valence-electron chi connectivity index (χ1n) is 7.42. The van der Waals surface area contributed by atoms with E-state index in [1.54, 1.807) is 0 Å². The topological polar surface area (TPSA) is 83.6 Å². The molecule has 0 spiro atoms. The summed E-state index contributed by atoms with van der Waals surface area (Å²) in [4.78, 5) is 25.3. The van der Waals surface area contributed by atoms with Gasteiger partial charge in [-0.3, -0.25) is 4.79 Å². The van der Waals surface area contributed by atoms with Crippen LogP contribution in [0.15, 0.2) is 30.3 Å².